The Morgan fingerprint density at radius 1 is 1.50 bits per heavy atom. The monoisotopic (exact) mass is 278 g/mol. The number of aliphatic hydroxyl groups is 1. The highest BCUT2D eigenvalue weighted by Gasteiger charge is 2.11. The van der Waals surface area contributed by atoms with Crippen LogP contribution in [0.15, 0.2) is 18.2 Å². The van der Waals surface area contributed by atoms with Gasteiger partial charge in [0.05, 0.1) is 6.54 Å². The van der Waals surface area contributed by atoms with Crippen molar-refractivity contribution in [3.8, 4) is 11.8 Å². The zero-order chi connectivity index (χ0) is 15.0. The van der Waals surface area contributed by atoms with E-state index in [9.17, 15) is 9.18 Å². The van der Waals surface area contributed by atoms with Crippen LogP contribution in [-0.4, -0.2) is 42.7 Å². The molecule has 0 saturated heterocycles. The van der Waals surface area contributed by atoms with Gasteiger partial charge in [0.1, 0.15) is 12.4 Å². The van der Waals surface area contributed by atoms with Crippen molar-refractivity contribution in [2.75, 3.05) is 26.7 Å². The number of hydrogen-bond acceptors (Lipinski definition) is 3. The molecule has 0 spiro atoms. The summed E-state index contributed by atoms with van der Waals surface area (Å²) < 4.78 is 13.9. The topological polar surface area (TPSA) is 52.6 Å². The first-order chi connectivity index (χ1) is 9.60. The summed E-state index contributed by atoms with van der Waals surface area (Å²) in [7, 11) is 1.57. The SMILES string of the molecule is CCN(CC(=O)NC)Cc1ccc(C#CCO)cc1F. The Kier molecular flexibility index (Phi) is 6.71. The van der Waals surface area contributed by atoms with Gasteiger partial charge in [-0.3, -0.25) is 9.69 Å². The standard InChI is InChI=1S/C15H19FN2O2/c1-3-18(11-15(20)17-2)10-13-7-6-12(5-4-8-19)9-14(13)16/h6-7,9,19H,3,8,10-11H2,1-2H3,(H,17,20). The number of halogens is 1. The fourth-order valence-electron chi connectivity index (χ4n) is 1.70. The van der Waals surface area contributed by atoms with Gasteiger partial charge in [-0.1, -0.05) is 24.8 Å². The maximum absolute atomic E-state index is 13.9. The van der Waals surface area contributed by atoms with E-state index in [-0.39, 0.29) is 24.9 Å². The fraction of sp³-hybridized carbons (Fsp3) is 0.400. The van der Waals surface area contributed by atoms with Crippen LogP contribution in [0.3, 0.4) is 0 Å². The van der Waals surface area contributed by atoms with E-state index in [2.05, 4.69) is 17.2 Å². The third-order valence-electron chi connectivity index (χ3n) is 2.85. The quantitative estimate of drug-likeness (QED) is 0.781. The maximum atomic E-state index is 13.9. The molecular weight excluding hydrogens is 259 g/mol. The normalized spacial score (nSPS) is 10.1. The van der Waals surface area contributed by atoms with Crippen LogP contribution in [0.2, 0.25) is 0 Å². The lowest BCUT2D eigenvalue weighted by molar-refractivity contribution is -0.121. The summed E-state index contributed by atoms with van der Waals surface area (Å²) in [6.07, 6.45) is 0. The Labute approximate surface area is 118 Å². The molecule has 0 bridgehead atoms. The van der Waals surface area contributed by atoms with E-state index in [4.69, 9.17) is 5.11 Å². The summed E-state index contributed by atoms with van der Waals surface area (Å²) in [4.78, 5) is 13.2. The van der Waals surface area contributed by atoms with E-state index in [1.54, 1.807) is 19.2 Å². The van der Waals surface area contributed by atoms with Gasteiger partial charge >= 0.3 is 0 Å². The van der Waals surface area contributed by atoms with Gasteiger partial charge in [0.15, 0.2) is 0 Å². The second-order valence-electron chi connectivity index (χ2n) is 4.24. The molecule has 0 heterocycles. The predicted molar refractivity (Wildman–Crippen MR) is 75.4 cm³/mol. The van der Waals surface area contributed by atoms with Crippen LogP contribution in [0.4, 0.5) is 4.39 Å². The molecule has 1 amide bonds. The summed E-state index contributed by atoms with van der Waals surface area (Å²) in [6, 6.07) is 4.70. The van der Waals surface area contributed by atoms with Gasteiger partial charge in [-0.15, -0.1) is 0 Å². The Morgan fingerprint density at radius 3 is 2.80 bits per heavy atom. The molecule has 108 valence electrons. The van der Waals surface area contributed by atoms with Gasteiger partial charge in [0.2, 0.25) is 5.91 Å². The van der Waals surface area contributed by atoms with Gasteiger partial charge in [-0.25, -0.2) is 4.39 Å². The smallest absolute Gasteiger partial charge is 0.233 e. The van der Waals surface area contributed by atoms with Gasteiger partial charge in [-0.2, -0.15) is 0 Å². The van der Waals surface area contributed by atoms with E-state index < -0.39 is 0 Å². The lowest BCUT2D eigenvalue weighted by Gasteiger charge is -2.19. The first-order valence-corrected chi connectivity index (χ1v) is 6.41. The van der Waals surface area contributed by atoms with E-state index in [0.29, 0.717) is 24.2 Å². The van der Waals surface area contributed by atoms with E-state index in [1.165, 1.54) is 6.07 Å². The molecule has 0 fully saturated rings. The fourth-order valence-corrected chi connectivity index (χ4v) is 1.70. The number of likely N-dealkylation sites (N-methyl/N-ethyl adjacent to an activating group) is 2. The molecule has 0 aliphatic heterocycles. The van der Waals surface area contributed by atoms with Crippen LogP contribution >= 0.6 is 0 Å². The van der Waals surface area contributed by atoms with Crippen molar-refractivity contribution in [2.24, 2.45) is 0 Å². The van der Waals surface area contributed by atoms with Crippen LogP contribution in [-0.2, 0) is 11.3 Å². The average Bonchev–Trinajstić information content (AvgIpc) is 2.46. The Balaban J connectivity index is 2.78. The molecule has 0 aliphatic carbocycles. The molecule has 0 saturated carbocycles. The average molecular weight is 278 g/mol. The molecule has 2 N–H and O–H groups in total. The summed E-state index contributed by atoms with van der Waals surface area (Å²) in [5, 5.41) is 11.1. The number of nitrogens with one attached hydrogen (secondary N) is 1. The number of carbonyl (C=O) groups excluding carboxylic acids is 1. The van der Waals surface area contributed by atoms with E-state index in [0.717, 1.165) is 0 Å². The molecule has 0 unspecified atom stereocenters. The van der Waals surface area contributed by atoms with Crippen LogP contribution in [0, 0.1) is 17.7 Å². The Bertz CT molecular complexity index is 520. The molecule has 0 atom stereocenters. The molecule has 4 nitrogen and oxygen atoms in total. The van der Waals surface area contributed by atoms with Crippen LogP contribution in [0.25, 0.3) is 0 Å². The summed E-state index contributed by atoms with van der Waals surface area (Å²) in [5.74, 6) is 4.67. The maximum Gasteiger partial charge on any atom is 0.233 e. The summed E-state index contributed by atoms with van der Waals surface area (Å²) in [6.45, 7) is 2.92. The highest BCUT2D eigenvalue weighted by molar-refractivity contribution is 5.77. The van der Waals surface area contributed by atoms with Crippen molar-refractivity contribution in [3.05, 3.63) is 35.1 Å². The largest absolute Gasteiger partial charge is 0.384 e. The minimum atomic E-state index is -0.356. The van der Waals surface area contributed by atoms with E-state index in [1.807, 2.05) is 11.8 Å². The first kappa shape index (κ1) is 16.2. The highest BCUT2D eigenvalue weighted by atomic mass is 19.1. The van der Waals surface area contributed by atoms with Crippen molar-refractivity contribution < 1.29 is 14.3 Å². The van der Waals surface area contributed by atoms with Crippen molar-refractivity contribution in [1.82, 2.24) is 10.2 Å². The molecule has 0 aliphatic rings. The van der Waals surface area contributed by atoms with Gasteiger partial charge in [0, 0.05) is 24.7 Å². The van der Waals surface area contributed by atoms with Crippen LogP contribution in [0.1, 0.15) is 18.1 Å². The Morgan fingerprint density at radius 2 is 2.25 bits per heavy atom. The van der Waals surface area contributed by atoms with Crippen LogP contribution < -0.4 is 5.32 Å². The van der Waals surface area contributed by atoms with Gasteiger partial charge in [-0.05, 0) is 18.7 Å². The number of amides is 1. The van der Waals surface area contributed by atoms with Crippen molar-refractivity contribution >= 4 is 5.91 Å². The first-order valence-electron chi connectivity index (χ1n) is 6.41. The zero-order valence-electron chi connectivity index (χ0n) is 11.7. The zero-order valence-corrected chi connectivity index (χ0v) is 11.7. The molecule has 20 heavy (non-hydrogen) atoms. The third-order valence-corrected chi connectivity index (χ3v) is 2.85. The molecule has 0 radical (unpaired) electrons. The lowest BCUT2D eigenvalue weighted by atomic mass is 10.1. The second-order valence-corrected chi connectivity index (χ2v) is 4.24. The number of nitrogens with zero attached hydrogens (tertiary/aromatic N) is 1. The number of hydrogen-bond donors (Lipinski definition) is 2. The van der Waals surface area contributed by atoms with Crippen molar-refractivity contribution in [1.29, 1.82) is 0 Å². The molecular formula is C15H19FN2O2. The molecule has 1 aromatic rings. The minimum absolute atomic E-state index is 0.0994. The molecule has 1 rings (SSSR count). The predicted octanol–water partition coefficient (Wildman–Crippen LogP) is 0.737. The third kappa shape index (κ3) is 5.00. The molecule has 5 heteroatoms. The Hall–Kier alpha value is -1.90. The van der Waals surface area contributed by atoms with Gasteiger partial charge in [0.25, 0.3) is 0 Å². The highest BCUT2D eigenvalue weighted by Crippen LogP contribution is 2.12. The molecule has 0 aromatic heterocycles. The second kappa shape index (κ2) is 8.31. The summed E-state index contributed by atoms with van der Waals surface area (Å²) in [5.41, 5.74) is 1.04. The molecule has 1 aromatic carbocycles. The van der Waals surface area contributed by atoms with Crippen molar-refractivity contribution in [2.45, 2.75) is 13.5 Å². The van der Waals surface area contributed by atoms with Gasteiger partial charge < -0.3 is 10.4 Å². The van der Waals surface area contributed by atoms with Crippen molar-refractivity contribution in [3.63, 3.8) is 0 Å². The number of benzene rings is 1. The number of aliphatic hydroxyl groups excluding tert-OH is 1. The van der Waals surface area contributed by atoms with Crippen LogP contribution in [0.5, 0.6) is 0 Å². The number of rotatable bonds is 5. The lowest BCUT2D eigenvalue weighted by Crippen LogP contribution is -2.35. The van der Waals surface area contributed by atoms with E-state index >= 15 is 0 Å². The summed E-state index contributed by atoms with van der Waals surface area (Å²) >= 11 is 0. The minimum Gasteiger partial charge on any atom is -0.384 e. The number of carbonyl (C=O) groups is 1.